The molecule has 0 aliphatic carbocycles. The highest BCUT2D eigenvalue weighted by molar-refractivity contribution is 7.90. The van der Waals surface area contributed by atoms with E-state index in [1.165, 1.54) is 0 Å². The van der Waals surface area contributed by atoms with Gasteiger partial charge in [-0.3, -0.25) is 4.79 Å². The molecule has 0 radical (unpaired) electrons. The highest BCUT2D eigenvalue weighted by Gasteiger charge is 2.34. The van der Waals surface area contributed by atoms with Crippen LogP contribution in [0.2, 0.25) is 0 Å². The molecule has 2 aromatic rings. The Kier molecular flexibility index (Phi) is 2.90. The number of carbonyl (C=O) groups is 1. The Bertz CT molecular complexity index is 771. The van der Waals surface area contributed by atoms with Gasteiger partial charge < -0.3 is 9.52 Å². The number of fused-ring (bicyclic) bond motifs is 1. The average Bonchev–Trinajstić information content (AvgIpc) is 2.84. The zero-order chi connectivity index (χ0) is 14.3. The minimum atomic E-state index is -3.21. The number of carboxylic acids is 1. The van der Waals surface area contributed by atoms with Gasteiger partial charge in [0, 0.05) is 16.7 Å². The molecule has 0 amide bonds. The van der Waals surface area contributed by atoms with Crippen molar-refractivity contribution in [2.24, 2.45) is 0 Å². The summed E-state index contributed by atoms with van der Waals surface area (Å²) in [4.78, 5) is 11.0. The molecule has 3 rings (SSSR count). The molecule has 20 heavy (non-hydrogen) atoms. The number of hydrogen-bond donors (Lipinski definition) is 1. The van der Waals surface area contributed by atoms with E-state index in [4.69, 9.17) is 9.52 Å². The summed E-state index contributed by atoms with van der Waals surface area (Å²) in [5.41, 5.74) is 1.75. The molecule has 1 N–H and O–H groups in total. The molecule has 2 heterocycles. The van der Waals surface area contributed by atoms with Crippen LogP contribution in [0, 0.1) is 0 Å². The number of aliphatic carboxylic acids is 1. The minimum Gasteiger partial charge on any atom is -0.481 e. The van der Waals surface area contributed by atoms with Crippen molar-refractivity contribution in [2.75, 3.05) is 0 Å². The number of hydrogen-bond acceptors (Lipinski definition) is 4. The van der Waals surface area contributed by atoms with E-state index < -0.39 is 15.8 Å². The molecule has 104 valence electrons. The van der Waals surface area contributed by atoms with Crippen molar-refractivity contribution in [3.8, 4) is 11.3 Å². The van der Waals surface area contributed by atoms with Crippen LogP contribution in [0.5, 0.6) is 0 Å². The maximum atomic E-state index is 11.6. The van der Waals surface area contributed by atoms with E-state index in [0.29, 0.717) is 22.6 Å². The number of furan rings is 1. The number of rotatable bonds is 3. The van der Waals surface area contributed by atoms with Gasteiger partial charge in [0.1, 0.15) is 17.3 Å². The van der Waals surface area contributed by atoms with E-state index in [2.05, 4.69) is 0 Å². The zero-order valence-corrected chi connectivity index (χ0v) is 11.3. The molecule has 0 saturated carbocycles. The summed E-state index contributed by atoms with van der Waals surface area (Å²) in [6, 6.07) is 9.12. The SMILES string of the molecule is O=C(O)Cc1c(-c2ccccc2)oc2c1CS(=O)(=O)C2. The molecule has 6 heteroatoms. The second-order valence-corrected chi connectivity index (χ2v) is 6.84. The molecule has 0 fully saturated rings. The van der Waals surface area contributed by atoms with Crippen molar-refractivity contribution < 1.29 is 22.7 Å². The molecule has 0 atom stereocenters. The van der Waals surface area contributed by atoms with Crippen LogP contribution in [0.1, 0.15) is 16.9 Å². The second kappa shape index (κ2) is 4.49. The predicted octanol–water partition coefficient (Wildman–Crippen LogP) is 2.00. The standard InChI is InChI=1S/C14H12O5S/c15-13(16)6-10-11-7-20(17,18)8-12(11)19-14(10)9-4-2-1-3-5-9/h1-5H,6-8H2,(H,15,16). The number of sulfone groups is 1. The summed E-state index contributed by atoms with van der Waals surface area (Å²) in [7, 11) is -3.21. The Morgan fingerprint density at radius 3 is 2.55 bits per heavy atom. The third-order valence-corrected chi connectivity index (χ3v) is 4.71. The van der Waals surface area contributed by atoms with Gasteiger partial charge in [0.15, 0.2) is 9.84 Å². The van der Waals surface area contributed by atoms with E-state index in [0.717, 1.165) is 5.56 Å². The normalized spacial score (nSPS) is 16.0. The molecular weight excluding hydrogens is 280 g/mol. The van der Waals surface area contributed by atoms with Crippen LogP contribution in [0.15, 0.2) is 34.7 Å². The number of carboxylic acid groups (broad SMARTS) is 1. The Hall–Kier alpha value is -2.08. The summed E-state index contributed by atoms with van der Waals surface area (Å²) in [6.07, 6.45) is -0.238. The second-order valence-electron chi connectivity index (χ2n) is 4.78. The van der Waals surface area contributed by atoms with Gasteiger partial charge in [0.05, 0.1) is 12.2 Å². The average molecular weight is 292 g/mol. The molecule has 0 bridgehead atoms. The van der Waals surface area contributed by atoms with Crippen molar-refractivity contribution in [1.29, 1.82) is 0 Å². The van der Waals surface area contributed by atoms with Gasteiger partial charge in [-0.1, -0.05) is 30.3 Å². The highest BCUT2D eigenvalue weighted by atomic mass is 32.2. The highest BCUT2D eigenvalue weighted by Crippen LogP contribution is 2.38. The Morgan fingerprint density at radius 2 is 1.90 bits per heavy atom. The first-order valence-corrected chi connectivity index (χ1v) is 7.89. The van der Waals surface area contributed by atoms with Gasteiger partial charge >= 0.3 is 5.97 Å². The fourth-order valence-electron chi connectivity index (χ4n) is 2.47. The van der Waals surface area contributed by atoms with Gasteiger partial charge in [-0.2, -0.15) is 0 Å². The lowest BCUT2D eigenvalue weighted by atomic mass is 10.0. The van der Waals surface area contributed by atoms with E-state index >= 15 is 0 Å². The fraction of sp³-hybridized carbons (Fsp3) is 0.214. The van der Waals surface area contributed by atoms with Crippen molar-refractivity contribution in [3.63, 3.8) is 0 Å². The van der Waals surface area contributed by atoms with Crippen LogP contribution < -0.4 is 0 Å². The first-order valence-electron chi connectivity index (χ1n) is 6.07. The molecule has 1 aromatic carbocycles. The minimum absolute atomic E-state index is 0.138. The van der Waals surface area contributed by atoms with Crippen LogP contribution in [-0.4, -0.2) is 19.5 Å². The molecule has 0 unspecified atom stereocenters. The van der Waals surface area contributed by atoms with Gasteiger partial charge in [0.2, 0.25) is 0 Å². The molecule has 0 saturated heterocycles. The maximum Gasteiger partial charge on any atom is 0.307 e. The lowest BCUT2D eigenvalue weighted by molar-refractivity contribution is -0.136. The number of benzene rings is 1. The van der Waals surface area contributed by atoms with E-state index in [1.54, 1.807) is 0 Å². The Morgan fingerprint density at radius 1 is 1.20 bits per heavy atom. The monoisotopic (exact) mass is 292 g/mol. The summed E-state index contributed by atoms with van der Waals surface area (Å²) >= 11 is 0. The van der Waals surface area contributed by atoms with Crippen molar-refractivity contribution in [2.45, 2.75) is 17.9 Å². The van der Waals surface area contributed by atoms with Crippen LogP contribution in [0.3, 0.4) is 0 Å². The van der Waals surface area contributed by atoms with E-state index in [-0.39, 0.29) is 17.9 Å². The van der Waals surface area contributed by atoms with E-state index in [9.17, 15) is 13.2 Å². The Balaban J connectivity index is 2.15. The van der Waals surface area contributed by atoms with Crippen molar-refractivity contribution in [3.05, 3.63) is 47.2 Å². The summed E-state index contributed by atoms with van der Waals surface area (Å²) in [5.74, 6) is -0.452. The predicted molar refractivity (Wildman–Crippen MR) is 71.8 cm³/mol. The zero-order valence-electron chi connectivity index (χ0n) is 10.5. The molecule has 0 spiro atoms. The lowest BCUT2D eigenvalue weighted by Gasteiger charge is -2.03. The quantitative estimate of drug-likeness (QED) is 0.935. The third-order valence-electron chi connectivity index (χ3n) is 3.28. The van der Waals surface area contributed by atoms with Crippen molar-refractivity contribution in [1.82, 2.24) is 0 Å². The fourth-order valence-corrected chi connectivity index (χ4v) is 3.98. The van der Waals surface area contributed by atoms with Crippen LogP contribution in [0.25, 0.3) is 11.3 Å². The van der Waals surface area contributed by atoms with E-state index in [1.807, 2.05) is 30.3 Å². The molecule has 1 aromatic heterocycles. The summed E-state index contributed by atoms with van der Waals surface area (Å²) < 4.78 is 28.9. The molecule has 1 aliphatic heterocycles. The maximum absolute atomic E-state index is 11.6. The first kappa shape index (κ1) is 12.9. The third kappa shape index (κ3) is 2.22. The summed E-state index contributed by atoms with van der Waals surface area (Å²) in [6.45, 7) is 0. The van der Waals surface area contributed by atoms with Gasteiger partial charge in [-0.15, -0.1) is 0 Å². The molecule has 5 nitrogen and oxygen atoms in total. The van der Waals surface area contributed by atoms with Gasteiger partial charge in [0.25, 0.3) is 0 Å². The molecule has 1 aliphatic rings. The lowest BCUT2D eigenvalue weighted by Crippen LogP contribution is -2.04. The largest absolute Gasteiger partial charge is 0.481 e. The topological polar surface area (TPSA) is 84.6 Å². The van der Waals surface area contributed by atoms with Crippen LogP contribution >= 0.6 is 0 Å². The first-order chi connectivity index (χ1) is 9.46. The summed E-state index contributed by atoms with van der Waals surface area (Å²) in [5, 5.41) is 9.03. The van der Waals surface area contributed by atoms with Crippen molar-refractivity contribution >= 4 is 15.8 Å². The van der Waals surface area contributed by atoms with Gasteiger partial charge in [-0.25, -0.2) is 8.42 Å². The molecular formula is C14H12O5S. The van der Waals surface area contributed by atoms with Gasteiger partial charge in [-0.05, 0) is 0 Å². The van der Waals surface area contributed by atoms with Crippen LogP contribution in [0.4, 0.5) is 0 Å². The van der Waals surface area contributed by atoms with Crippen LogP contribution in [-0.2, 0) is 32.6 Å². The smallest absolute Gasteiger partial charge is 0.307 e. The Labute approximate surface area is 115 Å².